The number of benzene rings is 2. The summed E-state index contributed by atoms with van der Waals surface area (Å²) in [7, 11) is 0. The molecule has 1 aliphatic rings. The van der Waals surface area contributed by atoms with Crippen LogP contribution in [0.3, 0.4) is 0 Å². The Labute approximate surface area is 230 Å². The second-order valence-electron chi connectivity index (χ2n) is 9.12. The summed E-state index contributed by atoms with van der Waals surface area (Å²) >= 11 is 0. The summed E-state index contributed by atoms with van der Waals surface area (Å²) in [6.07, 6.45) is 4.24. The fraction of sp³-hybridized carbons (Fsp3) is 0.241. The van der Waals surface area contributed by atoms with Gasteiger partial charge in [-0.2, -0.15) is 10.4 Å². The van der Waals surface area contributed by atoms with E-state index >= 15 is 0 Å². The average Bonchev–Trinajstić information content (AvgIpc) is 3.50. The molecule has 1 aliphatic heterocycles. The molecular formula is C29H27N7O4. The minimum Gasteiger partial charge on any atom is -0.489 e. The molecule has 0 spiro atoms. The van der Waals surface area contributed by atoms with Gasteiger partial charge in [0.2, 0.25) is 0 Å². The van der Waals surface area contributed by atoms with Crippen LogP contribution in [0.25, 0.3) is 22.6 Å². The maximum absolute atomic E-state index is 12.5. The van der Waals surface area contributed by atoms with Gasteiger partial charge in [0, 0.05) is 17.2 Å². The second kappa shape index (κ2) is 12.6. The molecule has 1 fully saturated rings. The molecule has 5 rings (SSSR count). The Kier molecular flexibility index (Phi) is 8.38. The molecule has 202 valence electrons. The smallest absolute Gasteiger partial charge is 0.408 e. The molecule has 1 saturated heterocycles. The number of amides is 1. The van der Waals surface area contributed by atoms with Gasteiger partial charge in [0.15, 0.2) is 17.8 Å². The van der Waals surface area contributed by atoms with E-state index in [1.54, 1.807) is 36.7 Å². The molecule has 1 amide bonds. The molecule has 11 heteroatoms. The largest absolute Gasteiger partial charge is 0.489 e. The number of hydrogen-bond acceptors (Lipinski definition) is 9. The van der Waals surface area contributed by atoms with E-state index in [0.29, 0.717) is 22.8 Å². The summed E-state index contributed by atoms with van der Waals surface area (Å²) in [5.41, 5.74) is 3.28. The van der Waals surface area contributed by atoms with Crippen LogP contribution in [0.4, 0.5) is 4.79 Å². The number of carbonyl (C=O) groups excluding carboxylic acids is 1. The van der Waals surface area contributed by atoms with Gasteiger partial charge in [0.25, 0.3) is 5.56 Å². The van der Waals surface area contributed by atoms with Crippen LogP contribution in [0, 0.1) is 11.3 Å². The molecule has 0 unspecified atom stereocenters. The lowest BCUT2D eigenvalue weighted by atomic mass is 10.1. The van der Waals surface area contributed by atoms with Gasteiger partial charge in [-0.25, -0.2) is 19.4 Å². The highest BCUT2D eigenvalue weighted by molar-refractivity contribution is 5.67. The Balaban J connectivity index is 1.19. The van der Waals surface area contributed by atoms with Crippen molar-refractivity contribution in [3.63, 3.8) is 0 Å². The van der Waals surface area contributed by atoms with Crippen LogP contribution in [-0.4, -0.2) is 51.8 Å². The van der Waals surface area contributed by atoms with E-state index in [9.17, 15) is 14.9 Å². The number of hydrogen-bond donors (Lipinski definition) is 2. The van der Waals surface area contributed by atoms with Crippen LogP contribution in [0.5, 0.6) is 5.75 Å². The molecule has 1 atom stereocenters. The summed E-state index contributed by atoms with van der Waals surface area (Å²) in [6, 6.07) is 19.9. The molecule has 11 nitrogen and oxygen atoms in total. The number of nitrogens with zero attached hydrogens (tertiary/aromatic N) is 5. The first-order valence-electron chi connectivity index (χ1n) is 12.9. The lowest BCUT2D eigenvalue weighted by Crippen LogP contribution is -2.35. The van der Waals surface area contributed by atoms with Gasteiger partial charge in [-0.1, -0.05) is 30.3 Å². The number of aromatic nitrogens is 4. The highest BCUT2D eigenvalue weighted by Crippen LogP contribution is 2.20. The summed E-state index contributed by atoms with van der Waals surface area (Å²) in [4.78, 5) is 33.1. The van der Waals surface area contributed by atoms with E-state index < -0.39 is 6.09 Å². The second-order valence-corrected chi connectivity index (χ2v) is 9.12. The predicted molar refractivity (Wildman–Crippen MR) is 146 cm³/mol. The number of carbonyl (C=O) groups is 1. The SMILES string of the molecule is N#Cc1cccc(-c2ccc(=O)n(Cc3cccc(-c4ncc(OCCNC(=O)O[C@H]5CCCN5)cn4)c3)n2)c1. The predicted octanol–water partition coefficient (Wildman–Crippen LogP) is 3.10. The van der Waals surface area contributed by atoms with Crippen molar-refractivity contribution in [2.75, 3.05) is 19.7 Å². The van der Waals surface area contributed by atoms with Crippen LogP contribution in [0.1, 0.15) is 24.0 Å². The molecule has 4 aromatic rings. The first-order chi connectivity index (χ1) is 19.6. The first-order valence-corrected chi connectivity index (χ1v) is 12.9. The van der Waals surface area contributed by atoms with Gasteiger partial charge in [-0.15, -0.1) is 0 Å². The summed E-state index contributed by atoms with van der Waals surface area (Å²) in [5.74, 6) is 0.975. The number of ether oxygens (including phenoxy) is 2. The molecule has 0 radical (unpaired) electrons. The van der Waals surface area contributed by atoms with E-state index in [1.165, 1.54) is 10.7 Å². The van der Waals surface area contributed by atoms with Crippen LogP contribution in [0.15, 0.2) is 77.9 Å². The quantitative estimate of drug-likeness (QED) is 0.308. The van der Waals surface area contributed by atoms with Crippen molar-refractivity contribution in [1.82, 2.24) is 30.4 Å². The summed E-state index contributed by atoms with van der Waals surface area (Å²) < 4.78 is 12.3. The Morgan fingerprint density at radius 1 is 1.10 bits per heavy atom. The average molecular weight is 538 g/mol. The maximum atomic E-state index is 12.5. The van der Waals surface area contributed by atoms with E-state index in [1.807, 2.05) is 30.3 Å². The van der Waals surface area contributed by atoms with E-state index in [2.05, 4.69) is 31.8 Å². The highest BCUT2D eigenvalue weighted by Gasteiger charge is 2.17. The lowest BCUT2D eigenvalue weighted by Gasteiger charge is -2.13. The number of alkyl carbamates (subject to hydrolysis) is 1. The zero-order chi connectivity index (χ0) is 27.7. The van der Waals surface area contributed by atoms with Crippen molar-refractivity contribution in [2.45, 2.75) is 25.6 Å². The first kappa shape index (κ1) is 26.5. The van der Waals surface area contributed by atoms with Crippen molar-refractivity contribution in [2.24, 2.45) is 0 Å². The molecule has 0 bridgehead atoms. The maximum Gasteiger partial charge on any atom is 0.408 e. The monoisotopic (exact) mass is 537 g/mol. The fourth-order valence-electron chi connectivity index (χ4n) is 4.23. The van der Waals surface area contributed by atoms with Gasteiger partial charge in [-0.05, 0) is 49.2 Å². The Morgan fingerprint density at radius 3 is 2.73 bits per heavy atom. The van der Waals surface area contributed by atoms with Crippen LogP contribution < -0.4 is 20.9 Å². The van der Waals surface area contributed by atoms with Gasteiger partial charge in [0.05, 0.1) is 42.8 Å². The molecule has 40 heavy (non-hydrogen) atoms. The molecule has 0 aliphatic carbocycles. The van der Waals surface area contributed by atoms with Crippen molar-refractivity contribution >= 4 is 6.09 Å². The molecule has 2 N–H and O–H groups in total. The van der Waals surface area contributed by atoms with Gasteiger partial charge >= 0.3 is 6.09 Å². The third kappa shape index (κ3) is 6.86. The number of nitriles is 1. The molecule has 2 aromatic heterocycles. The Morgan fingerprint density at radius 2 is 1.93 bits per heavy atom. The van der Waals surface area contributed by atoms with Crippen molar-refractivity contribution in [3.8, 4) is 34.5 Å². The van der Waals surface area contributed by atoms with Gasteiger partial charge < -0.3 is 14.8 Å². The van der Waals surface area contributed by atoms with Crippen molar-refractivity contribution in [1.29, 1.82) is 5.26 Å². The van der Waals surface area contributed by atoms with Gasteiger partial charge in [-0.3, -0.25) is 10.1 Å². The van der Waals surface area contributed by atoms with Crippen molar-refractivity contribution in [3.05, 3.63) is 94.5 Å². The minimum atomic E-state index is -0.480. The molecule has 2 aromatic carbocycles. The normalized spacial score (nSPS) is 14.3. The number of rotatable bonds is 9. The minimum absolute atomic E-state index is 0.226. The van der Waals surface area contributed by atoms with Crippen molar-refractivity contribution < 1.29 is 14.3 Å². The molecule has 0 saturated carbocycles. The topological polar surface area (TPSA) is 144 Å². The molecular weight excluding hydrogens is 510 g/mol. The highest BCUT2D eigenvalue weighted by atomic mass is 16.6. The third-order valence-corrected chi connectivity index (χ3v) is 6.20. The standard InChI is InChI=1S/C29H27N7O4/c30-16-20-4-1-6-22(14-20)25-9-10-27(37)36(35-25)19-21-5-2-7-23(15-21)28-33-17-24(18-34-28)39-13-12-32-29(38)40-26-8-3-11-31-26/h1-2,4-7,9-10,14-15,17-18,26,31H,3,8,11-13,19H2,(H,32,38)/t26-/m0/s1. The van der Waals surface area contributed by atoms with Crippen LogP contribution >= 0.6 is 0 Å². The van der Waals surface area contributed by atoms with E-state index in [0.717, 1.165) is 36.1 Å². The third-order valence-electron chi connectivity index (χ3n) is 6.20. The number of nitrogens with one attached hydrogen (secondary N) is 2. The Hall–Kier alpha value is -5.08. The van der Waals surface area contributed by atoms with E-state index in [-0.39, 0.29) is 31.5 Å². The summed E-state index contributed by atoms with van der Waals surface area (Å²) in [5, 5.41) is 19.4. The fourth-order valence-corrected chi connectivity index (χ4v) is 4.23. The van der Waals surface area contributed by atoms with E-state index in [4.69, 9.17) is 9.47 Å². The van der Waals surface area contributed by atoms with Crippen LogP contribution in [0.2, 0.25) is 0 Å². The molecule has 3 heterocycles. The zero-order valence-corrected chi connectivity index (χ0v) is 21.6. The Bertz CT molecular complexity index is 1570. The zero-order valence-electron chi connectivity index (χ0n) is 21.6. The lowest BCUT2D eigenvalue weighted by molar-refractivity contribution is 0.0886. The van der Waals surface area contributed by atoms with Crippen LogP contribution in [-0.2, 0) is 11.3 Å². The summed E-state index contributed by atoms with van der Waals surface area (Å²) in [6.45, 7) is 1.64. The van der Waals surface area contributed by atoms with Gasteiger partial charge in [0.1, 0.15) is 6.61 Å².